The lowest BCUT2D eigenvalue weighted by Crippen LogP contribution is -2.47. The third kappa shape index (κ3) is 5.46. The molecule has 0 aliphatic carbocycles. The average Bonchev–Trinajstić information content (AvgIpc) is 3.24. The van der Waals surface area contributed by atoms with E-state index in [-0.39, 0.29) is 5.91 Å². The van der Waals surface area contributed by atoms with E-state index in [1.807, 2.05) is 78.9 Å². The number of hydrogen-bond acceptors (Lipinski definition) is 5. The van der Waals surface area contributed by atoms with Crippen molar-refractivity contribution in [2.45, 2.75) is 6.61 Å². The summed E-state index contributed by atoms with van der Waals surface area (Å²) in [6.07, 6.45) is 1.89. The number of carbonyl (C=O) groups is 1. The van der Waals surface area contributed by atoms with Crippen LogP contribution in [-0.4, -0.2) is 42.2 Å². The number of anilines is 1. The van der Waals surface area contributed by atoms with Crippen molar-refractivity contribution in [2.75, 3.05) is 31.1 Å². The van der Waals surface area contributed by atoms with E-state index < -0.39 is 0 Å². The number of piperazine rings is 1. The minimum atomic E-state index is -0.187. The number of aliphatic imine (C=N–C) groups is 1. The van der Waals surface area contributed by atoms with E-state index >= 15 is 0 Å². The summed E-state index contributed by atoms with van der Waals surface area (Å²) in [6, 6.07) is 25.8. The molecule has 0 radical (unpaired) electrons. The molecular weight excluding hydrogens is 466 g/mol. The molecule has 1 saturated heterocycles. The van der Waals surface area contributed by atoms with Crippen molar-refractivity contribution in [2.24, 2.45) is 4.99 Å². The van der Waals surface area contributed by atoms with Crippen LogP contribution < -0.4 is 9.64 Å². The summed E-state index contributed by atoms with van der Waals surface area (Å²) in [4.78, 5) is 22.0. The van der Waals surface area contributed by atoms with Gasteiger partial charge in [-0.2, -0.15) is 4.99 Å². The number of hydrogen-bond donors (Lipinski definition) is 0. The number of benzene rings is 3. The van der Waals surface area contributed by atoms with Crippen molar-refractivity contribution in [1.82, 2.24) is 4.90 Å². The Hall–Kier alpha value is -3.22. The summed E-state index contributed by atoms with van der Waals surface area (Å²) in [5.41, 5.74) is 3.16. The highest BCUT2D eigenvalue weighted by atomic mass is 35.5. The van der Waals surface area contributed by atoms with Crippen LogP contribution in [0.15, 0.2) is 88.8 Å². The van der Waals surface area contributed by atoms with E-state index in [1.165, 1.54) is 11.8 Å². The van der Waals surface area contributed by atoms with Crippen molar-refractivity contribution in [3.05, 3.63) is 99.9 Å². The molecule has 0 N–H and O–H groups in total. The van der Waals surface area contributed by atoms with Crippen LogP contribution in [0.3, 0.4) is 0 Å². The van der Waals surface area contributed by atoms with E-state index in [0.717, 1.165) is 58.9 Å². The van der Waals surface area contributed by atoms with Gasteiger partial charge in [-0.3, -0.25) is 4.79 Å². The quantitative estimate of drug-likeness (QED) is 0.429. The summed E-state index contributed by atoms with van der Waals surface area (Å²) in [6.45, 7) is 3.83. The molecular formula is C27H24ClN3O2S. The molecule has 2 aliphatic rings. The van der Waals surface area contributed by atoms with Gasteiger partial charge in [0.2, 0.25) is 0 Å². The zero-order valence-electron chi connectivity index (χ0n) is 18.6. The first-order valence-electron chi connectivity index (χ1n) is 11.2. The predicted molar refractivity (Wildman–Crippen MR) is 140 cm³/mol. The Morgan fingerprint density at radius 3 is 2.47 bits per heavy atom. The summed E-state index contributed by atoms with van der Waals surface area (Å²) in [5, 5.41) is 1.52. The van der Waals surface area contributed by atoms with Crippen molar-refractivity contribution < 1.29 is 9.53 Å². The van der Waals surface area contributed by atoms with Crippen LogP contribution in [-0.2, 0) is 11.4 Å². The zero-order valence-corrected chi connectivity index (χ0v) is 20.1. The molecule has 34 heavy (non-hydrogen) atoms. The molecule has 0 bridgehead atoms. The molecule has 3 aromatic carbocycles. The summed E-state index contributed by atoms with van der Waals surface area (Å²) >= 11 is 7.58. The van der Waals surface area contributed by atoms with Gasteiger partial charge in [0.05, 0.1) is 4.91 Å². The summed E-state index contributed by atoms with van der Waals surface area (Å²) in [7, 11) is 0. The molecule has 0 aromatic heterocycles. The van der Waals surface area contributed by atoms with Crippen LogP contribution in [0.2, 0.25) is 5.02 Å². The maximum absolute atomic E-state index is 12.6. The molecule has 5 nitrogen and oxygen atoms in total. The highest BCUT2D eigenvalue weighted by Gasteiger charge is 2.28. The van der Waals surface area contributed by atoms with E-state index in [2.05, 4.69) is 20.9 Å². The third-order valence-electron chi connectivity index (χ3n) is 5.74. The first-order chi connectivity index (χ1) is 16.6. The Bertz CT molecular complexity index is 1240. The topological polar surface area (TPSA) is 45.1 Å². The van der Waals surface area contributed by atoms with E-state index in [0.29, 0.717) is 11.5 Å². The van der Waals surface area contributed by atoms with Crippen molar-refractivity contribution in [1.29, 1.82) is 0 Å². The fraction of sp³-hybridized carbons (Fsp3) is 0.185. The standard InChI is InChI=1S/C27H24ClN3O2S/c28-22-9-5-10-23(18-22)30-12-14-31(15-13-30)27-29-26(32)25(34-27)17-21-8-4-11-24(16-21)33-19-20-6-2-1-3-7-20/h1-11,16-18H,12-15,19H2/b25-17-. The number of nitrogens with zero attached hydrogens (tertiary/aromatic N) is 3. The molecule has 2 aliphatic heterocycles. The predicted octanol–water partition coefficient (Wildman–Crippen LogP) is 5.71. The van der Waals surface area contributed by atoms with Gasteiger partial charge in [0.1, 0.15) is 12.4 Å². The van der Waals surface area contributed by atoms with Gasteiger partial charge in [-0.25, -0.2) is 0 Å². The maximum Gasteiger partial charge on any atom is 0.286 e. The number of amidine groups is 1. The van der Waals surface area contributed by atoms with Crippen LogP contribution in [0, 0.1) is 0 Å². The van der Waals surface area contributed by atoms with Gasteiger partial charge < -0.3 is 14.5 Å². The highest BCUT2D eigenvalue weighted by Crippen LogP contribution is 2.32. The lowest BCUT2D eigenvalue weighted by Gasteiger charge is -2.36. The molecule has 2 heterocycles. The number of ether oxygens (including phenoxy) is 1. The lowest BCUT2D eigenvalue weighted by molar-refractivity contribution is -0.113. The first kappa shape index (κ1) is 22.6. The molecule has 1 amide bonds. The number of rotatable bonds is 5. The molecule has 5 rings (SSSR count). The maximum atomic E-state index is 12.6. The normalized spacial score (nSPS) is 17.3. The summed E-state index contributed by atoms with van der Waals surface area (Å²) < 4.78 is 5.92. The Labute approximate surface area is 208 Å². The second-order valence-corrected chi connectivity index (χ2v) is 9.56. The average molecular weight is 490 g/mol. The smallest absolute Gasteiger partial charge is 0.286 e. The van der Waals surface area contributed by atoms with Crippen LogP contribution in [0.5, 0.6) is 5.75 Å². The molecule has 1 fully saturated rings. The van der Waals surface area contributed by atoms with Crippen LogP contribution in [0.25, 0.3) is 6.08 Å². The van der Waals surface area contributed by atoms with Gasteiger partial charge in [0.15, 0.2) is 5.17 Å². The van der Waals surface area contributed by atoms with E-state index in [1.54, 1.807) is 0 Å². The molecule has 172 valence electrons. The van der Waals surface area contributed by atoms with Crippen molar-refractivity contribution >= 4 is 46.2 Å². The van der Waals surface area contributed by atoms with Gasteiger partial charge in [-0.05, 0) is 59.3 Å². The van der Waals surface area contributed by atoms with Crippen molar-refractivity contribution in [3.8, 4) is 5.75 Å². The van der Waals surface area contributed by atoms with Gasteiger partial charge in [-0.15, -0.1) is 0 Å². The third-order valence-corrected chi connectivity index (χ3v) is 7.02. The molecule has 0 atom stereocenters. The molecule has 7 heteroatoms. The molecule has 3 aromatic rings. The molecule has 0 saturated carbocycles. The second-order valence-electron chi connectivity index (χ2n) is 8.11. The summed E-state index contributed by atoms with van der Waals surface area (Å²) in [5.74, 6) is 0.583. The monoisotopic (exact) mass is 489 g/mol. The van der Waals surface area contributed by atoms with Gasteiger partial charge in [-0.1, -0.05) is 60.1 Å². The number of carbonyl (C=O) groups excluding carboxylic acids is 1. The zero-order chi connectivity index (χ0) is 23.3. The van der Waals surface area contributed by atoms with Gasteiger partial charge in [0, 0.05) is 36.9 Å². The van der Waals surface area contributed by atoms with Crippen molar-refractivity contribution in [3.63, 3.8) is 0 Å². The number of halogens is 1. The minimum Gasteiger partial charge on any atom is -0.489 e. The fourth-order valence-corrected chi connectivity index (χ4v) is 5.10. The van der Waals surface area contributed by atoms with Gasteiger partial charge >= 0.3 is 0 Å². The van der Waals surface area contributed by atoms with E-state index in [9.17, 15) is 4.79 Å². The molecule has 0 spiro atoms. The van der Waals surface area contributed by atoms with Crippen LogP contribution >= 0.6 is 23.4 Å². The van der Waals surface area contributed by atoms with Gasteiger partial charge in [0.25, 0.3) is 5.91 Å². The largest absolute Gasteiger partial charge is 0.489 e. The Morgan fingerprint density at radius 1 is 0.912 bits per heavy atom. The number of thioether (sulfide) groups is 1. The lowest BCUT2D eigenvalue weighted by atomic mass is 10.2. The second kappa shape index (κ2) is 10.4. The molecule has 0 unspecified atom stereocenters. The Balaban J connectivity index is 1.19. The Kier molecular flexibility index (Phi) is 6.88. The van der Waals surface area contributed by atoms with E-state index in [4.69, 9.17) is 16.3 Å². The SMILES string of the molecule is O=C1N=C(N2CCN(c3cccc(Cl)c3)CC2)S/C1=C\c1cccc(OCc2ccccc2)c1. The Morgan fingerprint density at radius 2 is 1.68 bits per heavy atom. The van der Waals surface area contributed by atoms with Crippen LogP contribution in [0.4, 0.5) is 5.69 Å². The minimum absolute atomic E-state index is 0.187. The number of amides is 1. The highest BCUT2D eigenvalue weighted by molar-refractivity contribution is 8.18. The first-order valence-corrected chi connectivity index (χ1v) is 12.4. The van der Waals surface area contributed by atoms with Crippen LogP contribution in [0.1, 0.15) is 11.1 Å². The fourth-order valence-electron chi connectivity index (χ4n) is 3.95.